The molecule has 1 aromatic rings. The van der Waals surface area contributed by atoms with Crippen molar-refractivity contribution in [3.05, 3.63) is 24.0 Å². The van der Waals surface area contributed by atoms with Gasteiger partial charge in [-0.25, -0.2) is 4.39 Å². The van der Waals surface area contributed by atoms with Crippen molar-refractivity contribution in [2.45, 2.75) is 38.6 Å². The van der Waals surface area contributed by atoms with E-state index in [-0.39, 0.29) is 11.5 Å². The summed E-state index contributed by atoms with van der Waals surface area (Å²) in [6, 6.07) is 5.53. The maximum absolute atomic E-state index is 13.4. The summed E-state index contributed by atoms with van der Waals surface area (Å²) < 4.78 is 13.4. The predicted molar refractivity (Wildman–Crippen MR) is 70.6 cm³/mol. The van der Waals surface area contributed by atoms with E-state index >= 15 is 0 Å². The Balaban J connectivity index is 2.18. The molecule has 0 amide bonds. The van der Waals surface area contributed by atoms with Crippen molar-refractivity contribution in [3.63, 3.8) is 0 Å². The van der Waals surface area contributed by atoms with Crippen LogP contribution in [-0.2, 0) is 0 Å². The number of nitrogens with zero attached hydrogens (tertiary/aromatic N) is 1. The smallest absolute Gasteiger partial charge is 0.148 e. The lowest BCUT2D eigenvalue weighted by Crippen LogP contribution is -2.36. The van der Waals surface area contributed by atoms with Crippen LogP contribution in [0.4, 0.5) is 15.8 Å². The quantitative estimate of drug-likeness (QED) is 0.797. The first-order valence-electron chi connectivity index (χ1n) is 6.36. The molecule has 2 atom stereocenters. The number of anilines is 2. The van der Waals surface area contributed by atoms with E-state index in [1.165, 1.54) is 31.7 Å². The highest BCUT2D eigenvalue weighted by Gasteiger charge is 2.23. The van der Waals surface area contributed by atoms with Crippen LogP contribution >= 0.6 is 0 Å². The van der Waals surface area contributed by atoms with Crippen LogP contribution in [0.25, 0.3) is 0 Å². The van der Waals surface area contributed by atoms with Crippen LogP contribution in [0.15, 0.2) is 18.2 Å². The fraction of sp³-hybridized carbons (Fsp3) is 0.571. The summed E-state index contributed by atoms with van der Waals surface area (Å²) in [5.41, 5.74) is 6.90. The minimum atomic E-state index is -0.321. The molecular weight excluding hydrogens is 215 g/mol. The summed E-state index contributed by atoms with van der Waals surface area (Å²) >= 11 is 0. The Morgan fingerprint density at radius 2 is 2.12 bits per heavy atom. The number of hydrogen-bond donors (Lipinski definition) is 1. The van der Waals surface area contributed by atoms with Gasteiger partial charge in [0, 0.05) is 13.1 Å². The number of benzene rings is 1. The summed E-state index contributed by atoms with van der Waals surface area (Å²) in [7, 11) is 2.02. The average molecular weight is 236 g/mol. The summed E-state index contributed by atoms with van der Waals surface area (Å²) in [4.78, 5) is 2.15. The molecule has 2 unspecified atom stereocenters. The molecule has 1 fully saturated rings. The molecule has 3 heteroatoms. The van der Waals surface area contributed by atoms with Crippen LogP contribution in [0.3, 0.4) is 0 Å². The highest BCUT2D eigenvalue weighted by Crippen LogP contribution is 2.32. The highest BCUT2D eigenvalue weighted by atomic mass is 19.1. The molecular formula is C14H21FN2. The summed E-state index contributed by atoms with van der Waals surface area (Å²) in [6.45, 7) is 2.29. The second kappa shape index (κ2) is 4.94. The van der Waals surface area contributed by atoms with Gasteiger partial charge in [-0.1, -0.05) is 25.8 Å². The molecule has 0 aromatic heterocycles. The third kappa shape index (κ3) is 2.54. The molecule has 2 rings (SSSR count). The number of halogens is 1. The Bertz CT molecular complexity index is 392. The van der Waals surface area contributed by atoms with Crippen LogP contribution in [0, 0.1) is 11.7 Å². The van der Waals surface area contributed by atoms with Crippen molar-refractivity contribution in [2.24, 2.45) is 5.92 Å². The number of nitrogen functional groups attached to an aromatic ring is 1. The fourth-order valence-corrected chi connectivity index (χ4v) is 2.78. The Morgan fingerprint density at radius 3 is 2.82 bits per heavy atom. The van der Waals surface area contributed by atoms with E-state index < -0.39 is 0 Å². The highest BCUT2D eigenvalue weighted by molar-refractivity contribution is 5.68. The molecule has 1 aliphatic rings. The lowest BCUT2D eigenvalue weighted by atomic mass is 9.86. The third-order valence-electron chi connectivity index (χ3n) is 3.87. The maximum atomic E-state index is 13.4. The molecule has 0 radical (unpaired) electrons. The van der Waals surface area contributed by atoms with E-state index in [2.05, 4.69) is 11.8 Å². The minimum Gasteiger partial charge on any atom is -0.395 e. The molecule has 1 aromatic carbocycles. The Labute approximate surface area is 103 Å². The molecule has 1 aliphatic carbocycles. The molecule has 0 saturated heterocycles. The zero-order valence-electron chi connectivity index (χ0n) is 10.6. The van der Waals surface area contributed by atoms with Gasteiger partial charge >= 0.3 is 0 Å². The molecule has 0 bridgehead atoms. The largest absolute Gasteiger partial charge is 0.395 e. The first-order valence-corrected chi connectivity index (χ1v) is 6.36. The second-order valence-corrected chi connectivity index (χ2v) is 5.21. The van der Waals surface area contributed by atoms with Crippen LogP contribution in [0.5, 0.6) is 0 Å². The minimum absolute atomic E-state index is 0.272. The van der Waals surface area contributed by atoms with Gasteiger partial charge in [0.15, 0.2) is 0 Å². The van der Waals surface area contributed by atoms with E-state index in [1.54, 1.807) is 6.07 Å². The Morgan fingerprint density at radius 1 is 1.35 bits per heavy atom. The normalized spacial score (nSPS) is 24.6. The van der Waals surface area contributed by atoms with Crippen LogP contribution < -0.4 is 10.6 Å². The zero-order chi connectivity index (χ0) is 12.4. The SMILES string of the molecule is CC1CCCC(N(C)c2cccc(F)c2N)C1. The van der Waals surface area contributed by atoms with Gasteiger partial charge in [-0.05, 0) is 30.9 Å². The van der Waals surface area contributed by atoms with Gasteiger partial charge in [-0.3, -0.25) is 0 Å². The first kappa shape index (κ1) is 12.2. The molecule has 0 aliphatic heterocycles. The molecule has 1 saturated carbocycles. The maximum Gasteiger partial charge on any atom is 0.148 e. The van der Waals surface area contributed by atoms with Crippen LogP contribution in [-0.4, -0.2) is 13.1 Å². The summed E-state index contributed by atoms with van der Waals surface area (Å²) in [5, 5.41) is 0. The average Bonchev–Trinajstić information content (AvgIpc) is 2.32. The molecule has 0 heterocycles. The lowest BCUT2D eigenvalue weighted by Gasteiger charge is -2.36. The standard InChI is InChI=1S/C14H21FN2/c1-10-5-3-6-11(9-10)17(2)13-8-4-7-12(15)14(13)16/h4,7-8,10-11H,3,5-6,9,16H2,1-2H3. The van der Waals surface area contributed by atoms with E-state index in [1.807, 2.05) is 13.1 Å². The number of hydrogen-bond acceptors (Lipinski definition) is 2. The molecule has 2 N–H and O–H groups in total. The monoisotopic (exact) mass is 236 g/mol. The van der Waals surface area contributed by atoms with Crippen molar-refractivity contribution >= 4 is 11.4 Å². The van der Waals surface area contributed by atoms with Crippen molar-refractivity contribution < 1.29 is 4.39 Å². The van der Waals surface area contributed by atoms with E-state index in [4.69, 9.17) is 5.73 Å². The van der Waals surface area contributed by atoms with E-state index in [0.29, 0.717) is 6.04 Å². The van der Waals surface area contributed by atoms with Crippen LogP contribution in [0.2, 0.25) is 0 Å². The number of para-hydroxylation sites is 1. The number of nitrogens with two attached hydrogens (primary N) is 1. The zero-order valence-corrected chi connectivity index (χ0v) is 10.6. The topological polar surface area (TPSA) is 29.3 Å². The fourth-order valence-electron chi connectivity index (χ4n) is 2.78. The van der Waals surface area contributed by atoms with Gasteiger partial charge in [0.05, 0.1) is 11.4 Å². The van der Waals surface area contributed by atoms with Crippen molar-refractivity contribution in [1.29, 1.82) is 0 Å². The van der Waals surface area contributed by atoms with Crippen molar-refractivity contribution in [1.82, 2.24) is 0 Å². The lowest BCUT2D eigenvalue weighted by molar-refractivity contribution is 0.336. The summed E-state index contributed by atoms with van der Waals surface area (Å²) in [6.07, 6.45) is 4.91. The third-order valence-corrected chi connectivity index (χ3v) is 3.87. The molecule has 2 nitrogen and oxygen atoms in total. The summed E-state index contributed by atoms with van der Waals surface area (Å²) in [5.74, 6) is 0.434. The van der Waals surface area contributed by atoms with Crippen LogP contribution in [0.1, 0.15) is 32.6 Å². The van der Waals surface area contributed by atoms with Gasteiger partial charge in [0.2, 0.25) is 0 Å². The van der Waals surface area contributed by atoms with Gasteiger partial charge in [0.25, 0.3) is 0 Å². The molecule has 17 heavy (non-hydrogen) atoms. The Kier molecular flexibility index (Phi) is 3.55. The Hall–Kier alpha value is -1.25. The second-order valence-electron chi connectivity index (χ2n) is 5.21. The van der Waals surface area contributed by atoms with Gasteiger partial charge in [-0.15, -0.1) is 0 Å². The van der Waals surface area contributed by atoms with Gasteiger partial charge < -0.3 is 10.6 Å². The van der Waals surface area contributed by atoms with Gasteiger partial charge in [0.1, 0.15) is 5.82 Å². The van der Waals surface area contributed by atoms with Crippen molar-refractivity contribution in [3.8, 4) is 0 Å². The predicted octanol–water partition coefficient (Wildman–Crippen LogP) is 3.42. The van der Waals surface area contributed by atoms with Crippen molar-refractivity contribution in [2.75, 3.05) is 17.7 Å². The molecule has 94 valence electrons. The van der Waals surface area contributed by atoms with E-state index in [9.17, 15) is 4.39 Å². The number of rotatable bonds is 2. The van der Waals surface area contributed by atoms with E-state index in [0.717, 1.165) is 11.6 Å². The van der Waals surface area contributed by atoms with Gasteiger partial charge in [-0.2, -0.15) is 0 Å². The molecule has 0 spiro atoms. The first-order chi connectivity index (χ1) is 8.09.